The number of nitrogens with two attached hydrogens (primary N) is 1. The molecule has 0 heterocycles. The van der Waals surface area contributed by atoms with E-state index in [1.807, 2.05) is 0 Å². The average Bonchev–Trinajstić information content (AvgIpc) is 1.93. The van der Waals surface area contributed by atoms with E-state index in [4.69, 9.17) is 5.73 Å². The second kappa shape index (κ2) is 5.84. The third kappa shape index (κ3) is 4.33. The van der Waals surface area contributed by atoms with Crippen molar-refractivity contribution in [2.45, 2.75) is 56.5 Å². The van der Waals surface area contributed by atoms with Crippen LogP contribution in [-0.2, 0) is 0 Å². The Bertz CT molecular complexity index is 109. The van der Waals surface area contributed by atoms with Crippen molar-refractivity contribution in [2.75, 3.05) is 0 Å². The van der Waals surface area contributed by atoms with Crippen molar-refractivity contribution in [1.82, 2.24) is 5.32 Å². The van der Waals surface area contributed by atoms with E-state index in [-0.39, 0.29) is 5.50 Å². The molecule has 1 fully saturated rings. The molecule has 1 aliphatic carbocycles. The zero-order valence-electron chi connectivity index (χ0n) is 7.63. The first kappa shape index (κ1) is 10.4. The molecule has 12 heavy (non-hydrogen) atoms. The summed E-state index contributed by atoms with van der Waals surface area (Å²) in [7, 11) is 0. The molecule has 0 bridgehead atoms. The highest BCUT2D eigenvalue weighted by molar-refractivity contribution is 7.80. The summed E-state index contributed by atoms with van der Waals surface area (Å²) in [5.74, 6) is 0. The van der Waals surface area contributed by atoms with E-state index in [1.165, 1.54) is 44.9 Å². The summed E-state index contributed by atoms with van der Waals surface area (Å²) in [6.45, 7) is 0. The molecule has 72 valence electrons. The van der Waals surface area contributed by atoms with Crippen LogP contribution < -0.4 is 11.1 Å². The second-order valence-corrected chi connectivity index (χ2v) is 4.21. The summed E-state index contributed by atoms with van der Waals surface area (Å²) < 4.78 is 0. The van der Waals surface area contributed by atoms with E-state index in [1.54, 1.807) is 0 Å². The van der Waals surface area contributed by atoms with E-state index in [0.29, 0.717) is 6.04 Å². The van der Waals surface area contributed by atoms with Gasteiger partial charge in [-0.25, -0.2) is 0 Å². The summed E-state index contributed by atoms with van der Waals surface area (Å²) >= 11 is 4.14. The van der Waals surface area contributed by atoms with Gasteiger partial charge in [-0.15, -0.1) is 12.6 Å². The maximum atomic E-state index is 5.57. The quantitative estimate of drug-likeness (QED) is 0.457. The highest BCUT2D eigenvalue weighted by atomic mass is 32.1. The third-order valence-electron chi connectivity index (χ3n) is 2.51. The molecule has 0 saturated heterocycles. The van der Waals surface area contributed by atoms with Crippen LogP contribution in [0.25, 0.3) is 0 Å². The molecule has 0 radical (unpaired) electrons. The van der Waals surface area contributed by atoms with E-state index in [2.05, 4.69) is 17.9 Å². The number of hydrogen-bond donors (Lipinski definition) is 3. The minimum atomic E-state index is -0.144. The van der Waals surface area contributed by atoms with Crippen molar-refractivity contribution in [3.8, 4) is 0 Å². The Morgan fingerprint density at radius 3 is 2.08 bits per heavy atom. The molecule has 3 heteroatoms. The van der Waals surface area contributed by atoms with Gasteiger partial charge in [0, 0.05) is 6.04 Å². The fourth-order valence-corrected chi connectivity index (χ4v) is 2.08. The minimum absolute atomic E-state index is 0.144. The van der Waals surface area contributed by atoms with Crippen molar-refractivity contribution in [3.63, 3.8) is 0 Å². The van der Waals surface area contributed by atoms with Crippen molar-refractivity contribution in [3.05, 3.63) is 0 Å². The van der Waals surface area contributed by atoms with Gasteiger partial charge in [-0.1, -0.05) is 32.1 Å². The van der Waals surface area contributed by atoms with Crippen LogP contribution in [0, 0.1) is 0 Å². The molecule has 2 nitrogen and oxygen atoms in total. The molecule has 0 aromatic rings. The topological polar surface area (TPSA) is 38.0 Å². The van der Waals surface area contributed by atoms with E-state index in [9.17, 15) is 0 Å². The standard InChI is InChI=1S/C9H20N2S/c10-9(12)11-8-6-4-2-1-3-5-7-8/h8-9,11-12H,1-7,10H2. The molecule has 0 aliphatic heterocycles. The van der Waals surface area contributed by atoms with Crippen LogP contribution in [0.5, 0.6) is 0 Å². The van der Waals surface area contributed by atoms with Gasteiger partial charge in [0.15, 0.2) is 0 Å². The van der Waals surface area contributed by atoms with Crippen molar-refractivity contribution in [1.29, 1.82) is 0 Å². The highest BCUT2D eigenvalue weighted by Crippen LogP contribution is 2.17. The summed E-state index contributed by atoms with van der Waals surface area (Å²) in [6.07, 6.45) is 9.43. The van der Waals surface area contributed by atoms with Gasteiger partial charge in [-0.05, 0) is 12.8 Å². The van der Waals surface area contributed by atoms with Gasteiger partial charge in [0.2, 0.25) is 0 Å². The number of thiol groups is 1. The molecule has 1 rings (SSSR count). The Morgan fingerprint density at radius 1 is 1.08 bits per heavy atom. The van der Waals surface area contributed by atoms with Crippen LogP contribution in [0.3, 0.4) is 0 Å². The molecule has 0 aromatic heterocycles. The predicted molar refractivity (Wildman–Crippen MR) is 56.2 cm³/mol. The predicted octanol–water partition coefficient (Wildman–Crippen LogP) is 1.86. The Hall–Kier alpha value is 0.270. The second-order valence-electron chi connectivity index (χ2n) is 3.65. The lowest BCUT2D eigenvalue weighted by atomic mass is 9.97. The van der Waals surface area contributed by atoms with E-state index >= 15 is 0 Å². The van der Waals surface area contributed by atoms with Gasteiger partial charge in [0.25, 0.3) is 0 Å². The van der Waals surface area contributed by atoms with Gasteiger partial charge >= 0.3 is 0 Å². The molecular weight excluding hydrogens is 168 g/mol. The molecule has 0 amide bonds. The SMILES string of the molecule is NC(S)NC1CCCCCCC1. The van der Waals surface area contributed by atoms with Crippen LogP contribution >= 0.6 is 12.6 Å². The minimum Gasteiger partial charge on any atom is -0.308 e. The maximum absolute atomic E-state index is 5.57. The lowest BCUT2D eigenvalue weighted by Gasteiger charge is -2.22. The van der Waals surface area contributed by atoms with Crippen molar-refractivity contribution in [2.24, 2.45) is 5.73 Å². The Balaban J connectivity index is 2.20. The zero-order valence-corrected chi connectivity index (χ0v) is 8.52. The average molecular weight is 188 g/mol. The maximum Gasteiger partial charge on any atom is 0.100 e. The summed E-state index contributed by atoms with van der Waals surface area (Å²) in [6, 6.07) is 0.609. The Morgan fingerprint density at radius 2 is 1.58 bits per heavy atom. The first-order chi connectivity index (χ1) is 5.79. The Kier molecular flexibility index (Phi) is 5.04. The molecule has 0 aromatic carbocycles. The normalized spacial score (nSPS) is 24.5. The summed E-state index contributed by atoms with van der Waals surface area (Å²) in [4.78, 5) is 0. The number of hydrogen-bond acceptors (Lipinski definition) is 3. The largest absolute Gasteiger partial charge is 0.308 e. The van der Waals surface area contributed by atoms with Crippen molar-refractivity contribution < 1.29 is 0 Å². The fourth-order valence-electron chi connectivity index (χ4n) is 1.86. The number of nitrogens with one attached hydrogen (secondary N) is 1. The van der Waals surface area contributed by atoms with Crippen LogP contribution in [-0.4, -0.2) is 11.5 Å². The lowest BCUT2D eigenvalue weighted by molar-refractivity contribution is 0.386. The first-order valence-electron chi connectivity index (χ1n) is 4.99. The Labute approximate surface area is 80.7 Å². The van der Waals surface area contributed by atoms with Crippen LogP contribution in [0.4, 0.5) is 0 Å². The molecule has 1 saturated carbocycles. The molecule has 3 N–H and O–H groups in total. The third-order valence-corrected chi connectivity index (χ3v) is 2.66. The molecular formula is C9H20N2S. The van der Waals surface area contributed by atoms with Gasteiger partial charge in [-0.2, -0.15) is 0 Å². The van der Waals surface area contributed by atoms with Crippen molar-refractivity contribution >= 4 is 12.6 Å². The lowest BCUT2D eigenvalue weighted by Crippen LogP contribution is -2.40. The van der Waals surface area contributed by atoms with Crippen LogP contribution in [0.1, 0.15) is 44.9 Å². The van der Waals surface area contributed by atoms with E-state index < -0.39 is 0 Å². The first-order valence-corrected chi connectivity index (χ1v) is 5.50. The van der Waals surface area contributed by atoms with Gasteiger partial charge in [-0.3, -0.25) is 5.32 Å². The molecule has 1 atom stereocenters. The van der Waals surface area contributed by atoms with Crippen LogP contribution in [0.15, 0.2) is 0 Å². The summed E-state index contributed by atoms with van der Waals surface area (Å²) in [5.41, 5.74) is 5.42. The fraction of sp³-hybridized carbons (Fsp3) is 1.00. The van der Waals surface area contributed by atoms with Gasteiger partial charge < -0.3 is 5.73 Å². The highest BCUT2D eigenvalue weighted by Gasteiger charge is 2.11. The van der Waals surface area contributed by atoms with E-state index in [0.717, 1.165) is 0 Å². The van der Waals surface area contributed by atoms with Crippen LogP contribution in [0.2, 0.25) is 0 Å². The number of rotatable bonds is 2. The molecule has 1 unspecified atom stereocenters. The van der Waals surface area contributed by atoms with Gasteiger partial charge in [0.05, 0.1) is 0 Å². The summed E-state index contributed by atoms with van der Waals surface area (Å²) in [5, 5.41) is 3.29. The smallest absolute Gasteiger partial charge is 0.100 e. The zero-order chi connectivity index (χ0) is 8.81. The molecule has 1 aliphatic rings. The van der Waals surface area contributed by atoms with Gasteiger partial charge in [0.1, 0.15) is 5.50 Å². The molecule has 0 spiro atoms. The monoisotopic (exact) mass is 188 g/mol.